The molecule has 0 saturated heterocycles. The van der Waals surface area contributed by atoms with Crippen LogP contribution in [0, 0.1) is 10.1 Å². The van der Waals surface area contributed by atoms with Gasteiger partial charge in [-0.2, -0.15) is 18.3 Å². The molecule has 14 heteroatoms. The first-order valence-electron chi connectivity index (χ1n) is 12.1. The van der Waals surface area contributed by atoms with Crippen LogP contribution in [0.2, 0.25) is 0 Å². The third-order valence-corrected chi connectivity index (χ3v) is 5.88. The lowest BCUT2D eigenvalue weighted by molar-refractivity contribution is -0.385. The number of carbonyl (C=O) groups is 1. The highest BCUT2D eigenvalue weighted by Gasteiger charge is 2.33. The largest absolute Gasteiger partial charge is 0.493 e. The van der Waals surface area contributed by atoms with Gasteiger partial charge in [-0.25, -0.2) is 5.43 Å². The Bertz CT molecular complexity index is 1450. The highest BCUT2D eigenvalue weighted by atomic mass is 79.9. The van der Waals surface area contributed by atoms with Crippen molar-refractivity contribution in [2.75, 3.05) is 20.3 Å². The van der Waals surface area contributed by atoms with Crippen molar-refractivity contribution in [3.05, 3.63) is 79.8 Å². The lowest BCUT2D eigenvalue weighted by Gasteiger charge is -2.14. The molecule has 0 heterocycles. The van der Waals surface area contributed by atoms with Gasteiger partial charge in [0.25, 0.3) is 5.91 Å². The van der Waals surface area contributed by atoms with E-state index in [-0.39, 0.29) is 21.5 Å². The summed E-state index contributed by atoms with van der Waals surface area (Å²) in [6, 6.07) is 9.65. The van der Waals surface area contributed by atoms with Gasteiger partial charge in [0.15, 0.2) is 23.0 Å². The fourth-order valence-corrected chi connectivity index (χ4v) is 3.97. The maximum atomic E-state index is 13.0. The summed E-state index contributed by atoms with van der Waals surface area (Å²) in [7, 11) is 1.31. The molecule has 3 rings (SSSR count). The molecule has 10 nitrogen and oxygen atoms in total. The van der Waals surface area contributed by atoms with Crippen LogP contribution in [0.25, 0.3) is 0 Å². The number of nitro groups is 1. The van der Waals surface area contributed by atoms with Crippen LogP contribution in [-0.4, -0.2) is 37.4 Å². The van der Waals surface area contributed by atoms with E-state index in [1.807, 2.05) is 13.8 Å². The van der Waals surface area contributed by atoms with E-state index in [1.54, 1.807) is 18.2 Å². The lowest BCUT2D eigenvalue weighted by atomic mass is 10.1. The first-order chi connectivity index (χ1) is 19.5. The van der Waals surface area contributed by atoms with Crippen molar-refractivity contribution in [3.8, 4) is 28.7 Å². The number of methoxy groups -OCH3 is 1. The van der Waals surface area contributed by atoms with E-state index in [1.165, 1.54) is 25.5 Å². The minimum Gasteiger partial charge on any atom is -0.493 e. The Morgan fingerprint density at radius 2 is 1.78 bits per heavy atom. The Hall–Kier alpha value is -4.33. The summed E-state index contributed by atoms with van der Waals surface area (Å²) in [5.41, 5.74) is 1.06. The van der Waals surface area contributed by atoms with Gasteiger partial charge in [-0.15, -0.1) is 0 Å². The zero-order valence-electron chi connectivity index (χ0n) is 22.1. The predicted octanol–water partition coefficient (Wildman–Crippen LogP) is 7.13. The van der Waals surface area contributed by atoms with Crippen molar-refractivity contribution >= 4 is 33.7 Å². The monoisotopic (exact) mass is 639 g/mol. The number of alkyl halides is 3. The van der Waals surface area contributed by atoms with Crippen molar-refractivity contribution < 1.29 is 41.8 Å². The molecule has 218 valence electrons. The molecule has 1 amide bonds. The third kappa shape index (κ3) is 8.10. The average Bonchev–Trinajstić information content (AvgIpc) is 2.93. The number of rotatable bonds is 12. The summed E-state index contributed by atoms with van der Waals surface area (Å²) < 4.78 is 61.5. The topological polar surface area (TPSA) is 122 Å². The molecule has 0 radical (unpaired) electrons. The van der Waals surface area contributed by atoms with E-state index < -0.39 is 34.0 Å². The van der Waals surface area contributed by atoms with Crippen LogP contribution in [-0.2, 0) is 6.18 Å². The van der Waals surface area contributed by atoms with E-state index >= 15 is 0 Å². The van der Waals surface area contributed by atoms with E-state index in [2.05, 4.69) is 26.5 Å². The molecule has 0 aliphatic rings. The number of amides is 1. The summed E-state index contributed by atoms with van der Waals surface area (Å²) in [5.74, 6) is 0.0820. The number of halogens is 4. The summed E-state index contributed by atoms with van der Waals surface area (Å²) >= 11 is 3.28. The maximum Gasteiger partial charge on any atom is 0.416 e. The maximum absolute atomic E-state index is 13.0. The third-order valence-electron chi connectivity index (χ3n) is 5.29. The van der Waals surface area contributed by atoms with Crippen LogP contribution in [0.4, 0.5) is 18.9 Å². The predicted molar refractivity (Wildman–Crippen MR) is 147 cm³/mol. The molecule has 0 fully saturated rings. The zero-order chi connectivity index (χ0) is 30.2. The molecule has 3 aromatic carbocycles. The number of benzene rings is 3. The minimum absolute atomic E-state index is 0.0228. The number of hydrogen-bond donors (Lipinski definition) is 1. The molecule has 41 heavy (non-hydrogen) atoms. The molecular formula is C27H25BrF3N3O7. The Labute approximate surface area is 241 Å². The number of hydrogen-bond acceptors (Lipinski definition) is 8. The number of nitro benzene ring substituents is 1. The van der Waals surface area contributed by atoms with Crippen LogP contribution in [0.1, 0.15) is 41.8 Å². The molecule has 0 spiro atoms. The van der Waals surface area contributed by atoms with Gasteiger partial charge >= 0.3 is 11.9 Å². The second-order valence-corrected chi connectivity index (χ2v) is 9.07. The highest BCUT2D eigenvalue weighted by Crippen LogP contribution is 2.43. The van der Waals surface area contributed by atoms with Crippen molar-refractivity contribution in [2.45, 2.75) is 26.4 Å². The molecule has 0 saturated carbocycles. The summed E-state index contributed by atoms with van der Waals surface area (Å²) in [4.78, 5) is 23.1. The Kier molecular flexibility index (Phi) is 10.5. The van der Waals surface area contributed by atoms with Crippen molar-refractivity contribution in [2.24, 2.45) is 5.10 Å². The van der Waals surface area contributed by atoms with Crippen LogP contribution in [0.3, 0.4) is 0 Å². The molecular weight excluding hydrogens is 615 g/mol. The number of nitrogens with one attached hydrogen (secondary N) is 1. The van der Waals surface area contributed by atoms with Gasteiger partial charge in [-0.3, -0.25) is 14.9 Å². The Balaban J connectivity index is 1.80. The van der Waals surface area contributed by atoms with E-state index in [0.29, 0.717) is 42.4 Å². The molecule has 0 bridgehead atoms. The van der Waals surface area contributed by atoms with Crippen molar-refractivity contribution in [3.63, 3.8) is 0 Å². The SMILES string of the molecule is CCCOc1ccc(C(=O)N/N=C/c2cc(Br)c(Oc3ccc(C(F)(F)F)cc3[N+](=O)[O-])c(OC)c2)cc1OCC. The van der Waals surface area contributed by atoms with Gasteiger partial charge in [-0.1, -0.05) is 6.92 Å². The van der Waals surface area contributed by atoms with Crippen LogP contribution >= 0.6 is 15.9 Å². The lowest BCUT2D eigenvalue weighted by Crippen LogP contribution is -2.17. The van der Waals surface area contributed by atoms with Crippen LogP contribution in [0.15, 0.2) is 58.1 Å². The Morgan fingerprint density at radius 3 is 2.41 bits per heavy atom. The molecule has 0 atom stereocenters. The molecule has 0 aliphatic heterocycles. The number of nitrogens with zero attached hydrogens (tertiary/aromatic N) is 2. The molecule has 0 aromatic heterocycles. The van der Waals surface area contributed by atoms with Crippen LogP contribution < -0.4 is 24.4 Å². The van der Waals surface area contributed by atoms with Gasteiger partial charge < -0.3 is 18.9 Å². The number of hydrazone groups is 1. The smallest absolute Gasteiger partial charge is 0.416 e. The van der Waals surface area contributed by atoms with Gasteiger partial charge in [0.05, 0.1) is 41.5 Å². The normalized spacial score (nSPS) is 11.3. The van der Waals surface area contributed by atoms with Gasteiger partial charge in [-0.05, 0) is 77.3 Å². The summed E-state index contributed by atoms with van der Waals surface area (Å²) in [5, 5.41) is 15.4. The Morgan fingerprint density at radius 1 is 1.05 bits per heavy atom. The fourth-order valence-electron chi connectivity index (χ4n) is 3.42. The van der Waals surface area contributed by atoms with Crippen molar-refractivity contribution in [1.82, 2.24) is 5.43 Å². The standard InChI is InChI=1S/C27H25BrF3N3O7/c1-4-10-40-22-8-6-17(13-23(22)39-5-2)26(35)33-32-15-16-11-19(28)25(24(12-16)38-3)41-21-9-7-18(27(29,30)31)14-20(21)34(36)37/h6-9,11-15H,4-5,10H2,1-3H3,(H,33,35)/b32-15+. The van der Waals surface area contributed by atoms with Gasteiger partial charge in [0.2, 0.25) is 5.75 Å². The molecule has 1 N–H and O–H groups in total. The summed E-state index contributed by atoms with van der Waals surface area (Å²) in [6.45, 7) is 4.67. The van der Waals surface area contributed by atoms with Crippen LogP contribution in [0.5, 0.6) is 28.7 Å². The highest BCUT2D eigenvalue weighted by molar-refractivity contribution is 9.10. The number of carbonyl (C=O) groups excluding carboxylic acids is 1. The van der Waals surface area contributed by atoms with Gasteiger partial charge in [0, 0.05) is 11.6 Å². The number of ether oxygens (including phenoxy) is 4. The van der Waals surface area contributed by atoms with E-state index in [0.717, 1.165) is 12.5 Å². The summed E-state index contributed by atoms with van der Waals surface area (Å²) in [6.07, 6.45) is -2.64. The zero-order valence-corrected chi connectivity index (χ0v) is 23.7. The second kappa shape index (κ2) is 13.8. The van der Waals surface area contributed by atoms with Crippen molar-refractivity contribution in [1.29, 1.82) is 0 Å². The van der Waals surface area contributed by atoms with E-state index in [9.17, 15) is 28.1 Å². The molecule has 3 aromatic rings. The fraction of sp³-hybridized carbons (Fsp3) is 0.259. The van der Waals surface area contributed by atoms with Gasteiger partial charge in [0.1, 0.15) is 0 Å². The average molecular weight is 640 g/mol. The second-order valence-electron chi connectivity index (χ2n) is 8.22. The first kappa shape index (κ1) is 31.2. The quantitative estimate of drug-likeness (QED) is 0.127. The molecule has 0 aliphatic carbocycles. The van der Waals surface area contributed by atoms with E-state index in [4.69, 9.17) is 18.9 Å². The minimum atomic E-state index is -4.77. The first-order valence-corrected chi connectivity index (χ1v) is 12.9. The molecule has 0 unspecified atom stereocenters.